The van der Waals surface area contributed by atoms with Gasteiger partial charge in [-0.3, -0.25) is 0 Å². The highest BCUT2D eigenvalue weighted by atomic mass is 19.4. The summed E-state index contributed by atoms with van der Waals surface area (Å²) in [5.41, 5.74) is -1.96. The van der Waals surface area contributed by atoms with Crippen LogP contribution in [0.25, 0.3) is 11.5 Å². The summed E-state index contributed by atoms with van der Waals surface area (Å²) in [7, 11) is 0. The molecular formula is C20H26F3N5O. The maximum atomic E-state index is 13.0. The lowest BCUT2D eigenvalue weighted by Gasteiger charge is -2.18. The van der Waals surface area contributed by atoms with Crippen LogP contribution in [0.4, 0.5) is 19.1 Å². The lowest BCUT2D eigenvalue weighted by Crippen LogP contribution is -2.30. The Kier molecular flexibility index (Phi) is 6.07. The summed E-state index contributed by atoms with van der Waals surface area (Å²) in [6.45, 7) is 5.65. The number of hydrogen-bond donors (Lipinski definition) is 2. The number of nitrogens with zero attached hydrogens (tertiary/aromatic N) is 4. The van der Waals surface area contributed by atoms with Crippen molar-refractivity contribution in [3.05, 3.63) is 29.7 Å². The zero-order chi connectivity index (χ0) is 21.2. The molecule has 0 amide bonds. The number of hydrogen-bond acceptors (Lipinski definition) is 6. The number of aliphatic hydroxyl groups is 1. The standard InChI is InChI=1S/C20H26F3N5O/c1-12(13-8-9-13)7-10-16-26-17(28-18(27-16)24-11-19(2,3)29)14-5-4-6-15(25-14)20(21,22)23/h4-6,12-13,29H,7-11H2,1-3H3,(H,24,26,27,28)/t12-/m0/s1. The molecule has 2 aromatic heterocycles. The SMILES string of the molecule is C[C@@H](CCc1nc(NCC(C)(C)O)nc(-c2cccc(C(F)(F)F)n2)n1)C1CC1. The van der Waals surface area contributed by atoms with Crippen molar-refractivity contribution in [3.8, 4) is 11.5 Å². The van der Waals surface area contributed by atoms with E-state index in [9.17, 15) is 18.3 Å². The first-order valence-electron chi connectivity index (χ1n) is 9.77. The van der Waals surface area contributed by atoms with Crippen LogP contribution in [-0.4, -0.2) is 37.2 Å². The van der Waals surface area contributed by atoms with Crippen molar-refractivity contribution in [2.45, 2.75) is 58.2 Å². The topological polar surface area (TPSA) is 83.8 Å². The van der Waals surface area contributed by atoms with E-state index in [-0.39, 0.29) is 24.0 Å². The van der Waals surface area contributed by atoms with Crippen LogP contribution in [0.2, 0.25) is 0 Å². The molecular weight excluding hydrogens is 383 g/mol. The van der Waals surface area contributed by atoms with E-state index < -0.39 is 17.5 Å². The highest BCUT2D eigenvalue weighted by molar-refractivity contribution is 5.51. The molecule has 1 fully saturated rings. The van der Waals surface area contributed by atoms with Crippen LogP contribution in [0.1, 0.15) is 51.6 Å². The molecule has 9 heteroatoms. The van der Waals surface area contributed by atoms with Gasteiger partial charge in [0.15, 0.2) is 5.82 Å². The van der Waals surface area contributed by atoms with Gasteiger partial charge in [-0.1, -0.05) is 13.0 Å². The Labute approximate surface area is 168 Å². The van der Waals surface area contributed by atoms with Crippen molar-refractivity contribution in [2.24, 2.45) is 11.8 Å². The van der Waals surface area contributed by atoms with Gasteiger partial charge in [0.05, 0.1) is 5.60 Å². The molecule has 0 unspecified atom stereocenters. The minimum Gasteiger partial charge on any atom is -0.389 e. The lowest BCUT2D eigenvalue weighted by molar-refractivity contribution is -0.141. The van der Waals surface area contributed by atoms with Crippen molar-refractivity contribution in [1.29, 1.82) is 0 Å². The number of anilines is 1. The number of nitrogens with one attached hydrogen (secondary N) is 1. The Balaban J connectivity index is 1.88. The Morgan fingerprint density at radius 1 is 1.14 bits per heavy atom. The van der Waals surface area contributed by atoms with Crippen molar-refractivity contribution >= 4 is 5.95 Å². The van der Waals surface area contributed by atoms with Crippen LogP contribution in [0.15, 0.2) is 18.2 Å². The molecule has 1 atom stereocenters. The summed E-state index contributed by atoms with van der Waals surface area (Å²) in [4.78, 5) is 16.7. The number of halogens is 3. The summed E-state index contributed by atoms with van der Waals surface area (Å²) in [6, 6.07) is 3.64. The van der Waals surface area contributed by atoms with Gasteiger partial charge in [-0.2, -0.15) is 23.1 Å². The maximum Gasteiger partial charge on any atom is 0.433 e. The van der Waals surface area contributed by atoms with E-state index in [4.69, 9.17) is 0 Å². The molecule has 0 aliphatic heterocycles. The summed E-state index contributed by atoms with van der Waals surface area (Å²) in [5, 5.41) is 12.9. The molecule has 6 nitrogen and oxygen atoms in total. The lowest BCUT2D eigenvalue weighted by atomic mass is 10.0. The zero-order valence-electron chi connectivity index (χ0n) is 16.8. The van der Waals surface area contributed by atoms with Gasteiger partial charge in [0, 0.05) is 13.0 Å². The quantitative estimate of drug-likeness (QED) is 0.683. The second-order valence-electron chi connectivity index (χ2n) is 8.32. The van der Waals surface area contributed by atoms with E-state index in [0.29, 0.717) is 18.2 Å². The molecule has 1 aliphatic carbocycles. The van der Waals surface area contributed by atoms with E-state index in [1.807, 2.05) is 0 Å². The number of aryl methyl sites for hydroxylation is 1. The number of alkyl halides is 3. The fourth-order valence-electron chi connectivity index (χ4n) is 3.00. The summed E-state index contributed by atoms with van der Waals surface area (Å²) in [6.07, 6.45) is -0.557. The van der Waals surface area contributed by atoms with Crippen LogP contribution >= 0.6 is 0 Å². The first-order chi connectivity index (χ1) is 13.5. The molecule has 0 saturated heterocycles. The fourth-order valence-corrected chi connectivity index (χ4v) is 3.00. The number of rotatable bonds is 8. The van der Waals surface area contributed by atoms with E-state index in [2.05, 4.69) is 32.2 Å². The summed E-state index contributed by atoms with van der Waals surface area (Å²) < 4.78 is 39.1. The average Bonchev–Trinajstić information content (AvgIpc) is 3.48. The van der Waals surface area contributed by atoms with E-state index in [0.717, 1.165) is 18.4 Å². The third-order valence-electron chi connectivity index (χ3n) is 4.88. The molecule has 0 aromatic carbocycles. The zero-order valence-corrected chi connectivity index (χ0v) is 16.8. The van der Waals surface area contributed by atoms with Crippen LogP contribution in [0.5, 0.6) is 0 Å². The average molecular weight is 409 g/mol. The Morgan fingerprint density at radius 3 is 2.48 bits per heavy atom. The molecule has 29 heavy (non-hydrogen) atoms. The predicted molar refractivity (Wildman–Crippen MR) is 103 cm³/mol. The van der Waals surface area contributed by atoms with Crippen molar-refractivity contribution in [3.63, 3.8) is 0 Å². The van der Waals surface area contributed by atoms with Crippen molar-refractivity contribution in [1.82, 2.24) is 19.9 Å². The molecule has 0 bridgehead atoms. The second-order valence-corrected chi connectivity index (χ2v) is 8.32. The van der Waals surface area contributed by atoms with Gasteiger partial charge < -0.3 is 10.4 Å². The van der Waals surface area contributed by atoms with Gasteiger partial charge in [0.25, 0.3) is 0 Å². The highest BCUT2D eigenvalue weighted by Crippen LogP contribution is 2.38. The van der Waals surface area contributed by atoms with E-state index in [1.54, 1.807) is 13.8 Å². The molecule has 2 N–H and O–H groups in total. The Bertz CT molecular complexity index is 847. The molecule has 2 heterocycles. The Morgan fingerprint density at radius 2 is 1.86 bits per heavy atom. The van der Waals surface area contributed by atoms with E-state index in [1.165, 1.54) is 25.0 Å². The number of aromatic nitrogens is 4. The van der Waals surface area contributed by atoms with Gasteiger partial charge in [-0.15, -0.1) is 0 Å². The van der Waals surface area contributed by atoms with Gasteiger partial charge in [-0.05, 0) is 57.1 Å². The third kappa shape index (κ3) is 6.35. The van der Waals surface area contributed by atoms with E-state index >= 15 is 0 Å². The first kappa shape index (κ1) is 21.4. The van der Waals surface area contributed by atoms with Crippen LogP contribution < -0.4 is 5.32 Å². The molecule has 0 spiro atoms. The molecule has 3 rings (SSSR count). The van der Waals surface area contributed by atoms with Gasteiger partial charge in [-0.25, -0.2) is 9.97 Å². The van der Waals surface area contributed by atoms with Gasteiger partial charge in [0.1, 0.15) is 17.2 Å². The molecule has 1 aliphatic rings. The normalized spacial score (nSPS) is 16.0. The predicted octanol–water partition coefficient (Wildman–Crippen LogP) is 4.11. The van der Waals surface area contributed by atoms with Gasteiger partial charge >= 0.3 is 6.18 Å². The highest BCUT2D eigenvalue weighted by Gasteiger charge is 2.33. The number of pyridine rings is 1. The minimum absolute atomic E-state index is 0.0324. The minimum atomic E-state index is -4.55. The smallest absolute Gasteiger partial charge is 0.389 e. The van der Waals surface area contributed by atoms with Crippen LogP contribution in [-0.2, 0) is 12.6 Å². The monoisotopic (exact) mass is 409 g/mol. The van der Waals surface area contributed by atoms with Crippen molar-refractivity contribution < 1.29 is 18.3 Å². The van der Waals surface area contributed by atoms with Crippen molar-refractivity contribution in [2.75, 3.05) is 11.9 Å². The Hall–Kier alpha value is -2.29. The second kappa shape index (κ2) is 8.22. The maximum absolute atomic E-state index is 13.0. The first-order valence-corrected chi connectivity index (χ1v) is 9.77. The van der Waals surface area contributed by atoms with Crippen LogP contribution in [0.3, 0.4) is 0 Å². The summed E-state index contributed by atoms with van der Waals surface area (Å²) in [5.74, 6) is 2.09. The molecule has 0 radical (unpaired) electrons. The van der Waals surface area contributed by atoms with Crippen LogP contribution in [0, 0.1) is 11.8 Å². The molecule has 2 aromatic rings. The fraction of sp³-hybridized carbons (Fsp3) is 0.600. The molecule has 158 valence electrons. The largest absolute Gasteiger partial charge is 0.433 e. The van der Waals surface area contributed by atoms with Gasteiger partial charge in [0.2, 0.25) is 5.95 Å². The summed E-state index contributed by atoms with van der Waals surface area (Å²) >= 11 is 0. The molecule has 1 saturated carbocycles. The third-order valence-corrected chi connectivity index (χ3v) is 4.88.